The highest BCUT2D eigenvalue weighted by Gasteiger charge is 2.22. The first-order valence-corrected chi connectivity index (χ1v) is 6.11. The van der Waals surface area contributed by atoms with Crippen molar-refractivity contribution < 1.29 is 4.74 Å². The van der Waals surface area contributed by atoms with Gasteiger partial charge in [0.25, 0.3) is 0 Å². The number of pyridine rings is 1. The summed E-state index contributed by atoms with van der Waals surface area (Å²) in [5.41, 5.74) is 6.45. The molecular formula is C13H20N2O. The fourth-order valence-corrected chi connectivity index (χ4v) is 2.27. The number of hydrogen-bond acceptors (Lipinski definition) is 3. The first kappa shape index (κ1) is 11.4. The number of ether oxygens (including phenoxy) is 1. The van der Waals surface area contributed by atoms with Gasteiger partial charge in [-0.3, -0.25) is 4.98 Å². The van der Waals surface area contributed by atoms with E-state index in [0.717, 1.165) is 11.4 Å². The fraction of sp³-hybridized carbons (Fsp3) is 0.615. The van der Waals surface area contributed by atoms with Gasteiger partial charge in [-0.2, -0.15) is 0 Å². The lowest BCUT2D eigenvalue weighted by molar-refractivity contribution is 0.102. The zero-order valence-electron chi connectivity index (χ0n) is 9.86. The quantitative estimate of drug-likeness (QED) is 0.851. The molecule has 0 bridgehead atoms. The molecule has 0 radical (unpaired) electrons. The molecule has 1 aromatic rings. The molecule has 0 aromatic carbocycles. The van der Waals surface area contributed by atoms with Gasteiger partial charge in [0.2, 0.25) is 0 Å². The van der Waals surface area contributed by atoms with Gasteiger partial charge in [-0.15, -0.1) is 0 Å². The van der Waals surface area contributed by atoms with Gasteiger partial charge < -0.3 is 10.5 Å². The Labute approximate surface area is 97.0 Å². The molecule has 1 aliphatic carbocycles. The first-order valence-electron chi connectivity index (χ1n) is 6.11. The van der Waals surface area contributed by atoms with Crippen LogP contribution in [0.25, 0.3) is 0 Å². The van der Waals surface area contributed by atoms with Crippen LogP contribution >= 0.6 is 0 Å². The highest BCUT2D eigenvalue weighted by molar-refractivity contribution is 5.22. The van der Waals surface area contributed by atoms with Gasteiger partial charge in [-0.05, 0) is 31.2 Å². The highest BCUT2D eigenvalue weighted by atomic mass is 16.5. The van der Waals surface area contributed by atoms with Crippen LogP contribution < -0.4 is 10.5 Å². The van der Waals surface area contributed by atoms with Crippen molar-refractivity contribution in [1.29, 1.82) is 0 Å². The van der Waals surface area contributed by atoms with Crippen LogP contribution in [0.2, 0.25) is 0 Å². The maximum atomic E-state index is 6.01. The first-order chi connectivity index (χ1) is 7.79. The Kier molecular flexibility index (Phi) is 3.78. The van der Waals surface area contributed by atoms with Crippen molar-refractivity contribution in [2.24, 2.45) is 11.7 Å². The van der Waals surface area contributed by atoms with Crippen molar-refractivity contribution in [2.45, 2.75) is 45.3 Å². The van der Waals surface area contributed by atoms with E-state index in [9.17, 15) is 0 Å². The van der Waals surface area contributed by atoms with Crippen LogP contribution in [-0.4, -0.2) is 11.1 Å². The summed E-state index contributed by atoms with van der Waals surface area (Å²) < 4.78 is 6.01. The van der Waals surface area contributed by atoms with Gasteiger partial charge in [-0.25, -0.2) is 0 Å². The van der Waals surface area contributed by atoms with E-state index in [1.807, 2.05) is 12.1 Å². The van der Waals surface area contributed by atoms with E-state index in [0.29, 0.717) is 18.6 Å². The Morgan fingerprint density at radius 3 is 3.00 bits per heavy atom. The average molecular weight is 220 g/mol. The standard InChI is InChI=1S/C13H20N2O/c1-10-4-2-3-5-13(10)16-12-6-7-15-11(8-12)9-14/h6-8,10,13H,2-5,9,14H2,1H3. The number of rotatable bonds is 3. The molecule has 0 aliphatic heterocycles. The number of nitrogens with two attached hydrogens (primary N) is 1. The Morgan fingerprint density at radius 2 is 2.25 bits per heavy atom. The van der Waals surface area contributed by atoms with Gasteiger partial charge in [-0.1, -0.05) is 13.3 Å². The van der Waals surface area contributed by atoms with Gasteiger partial charge in [0.05, 0.1) is 5.69 Å². The molecule has 1 fully saturated rings. The van der Waals surface area contributed by atoms with Crippen LogP contribution in [-0.2, 0) is 6.54 Å². The van der Waals surface area contributed by atoms with Gasteiger partial charge in [0.1, 0.15) is 11.9 Å². The molecule has 88 valence electrons. The molecule has 2 N–H and O–H groups in total. The van der Waals surface area contributed by atoms with Crippen molar-refractivity contribution in [3.8, 4) is 5.75 Å². The Balaban J connectivity index is 2.01. The normalized spacial score (nSPS) is 25.4. The van der Waals surface area contributed by atoms with E-state index in [-0.39, 0.29) is 0 Å². The van der Waals surface area contributed by atoms with Gasteiger partial charge in [0.15, 0.2) is 0 Å². The molecule has 2 rings (SSSR count). The summed E-state index contributed by atoms with van der Waals surface area (Å²) in [5.74, 6) is 1.57. The number of hydrogen-bond donors (Lipinski definition) is 1. The van der Waals surface area contributed by atoms with Gasteiger partial charge in [0, 0.05) is 18.8 Å². The lowest BCUT2D eigenvalue weighted by Gasteiger charge is -2.29. The van der Waals surface area contributed by atoms with Crippen molar-refractivity contribution in [3.05, 3.63) is 24.0 Å². The summed E-state index contributed by atoms with van der Waals surface area (Å²) in [6.07, 6.45) is 7.20. The van der Waals surface area contributed by atoms with Crippen LogP contribution in [0, 0.1) is 5.92 Å². The zero-order valence-corrected chi connectivity index (χ0v) is 9.86. The Morgan fingerprint density at radius 1 is 1.44 bits per heavy atom. The molecular weight excluding hydrogens is 200 g/mol. The molecule has 1 aromatic heterocycles. The van der Waals surface area contributed by atoms with Crippen molar-refractivity contribution in [3.63, 3.8) is 0 Å². The summed E-state index contributed by atoms with van der Waals surface area (Å²) in [4.78, 5) is 4.16. The SMILES string of the molecule is CC1CCCCC1Oc1ccnc(CN)c1. The molecule has 2 unspecified atom stereocenters. The van der Waals surface area contributed by atoms with Crippen LogP contribution in [0.3, 0.4) is 0 Å². The van der Waals surface area contributed by atoms with E-state index in [4.69, 9.17) is 10.5 Å². The minimum atomic E-state index is 0.363. The maximum absolute atomic E-state index is 6.01. The molecule has 1 saturated carbocycles. The molecule has 3 heteroatoms. The van der Waals surface area contributed by atoms with Crippen LogP contribution in [0.5, 0.6) is 5.75 Å². The zero-order chi connectivity index (χ0) is 11.4. The number of aromatic nitrogens is 1. The summed E-state index contributed by atoms with van der Waals surface area (Å²) in [5, 5.41) is 0. The average Bonchev–Trinajstić information content (AvgIpc) is 2.32. The maximum Gasteiger partial charge on any atom is 0.123 e. The minimum Gasteiger partial charge on any atom is -0.490 e. The number of nitrogens with zero attached hydrogens (tertiary/aromatic N) is 1. The Hall–Kier alpha value is -1.09. The predicted octanol–water partition coefficient (Wildman–Crippen LogP) is 2.50. The summed E-state index contributed by atoms with van der Waals surface area (Å²) in [6.45, 7) is 2.74. The minimum absolute atomic E-state index is 0.363. The van der Waals surface area contributed by atoms with Crippen molar-refractivity contribution >= 4 is 0 Å². The summed E-state index contributed by atoms with van der Waals surface area (Å²) in [6, 6.07) is 3.86. The molecule has 16 heavy (non-hydrogen) atoms. The predicted molar refractivity (Wildman–Crippen MR) is 64.2 cm³/mol. The molecule has 0 spiro atoms. The van der Waals surface area contributed by atoms with Crippen LogP contribution in [0.4, 0.5) is 0 Å². The second-order valence-electron chi connectivity index (χ2n) is 4.61. The molecule has 3 nitrogen and oxygen atoms in total. The second-order valence-corrected chi connectivity index (χ2v) is 4.61. The molecule has 1 aliphatic rings. The lowest BCUT2D eigenvalue weighted by atomic mass is 9.88. The van der Waals surface area contributed by atoms with Crippen LogP contribution in [0.1, 0.15) is 38.3 Å². The van der Waals surface area contributed by atoms with E-state index in [1.165, 1.54) is 25.7 Å². The Bertz CT molecular complexity index is 340. The largest absolute Gasteiger partial charge is 0.490 e. The van der Waals surface area contributed by atoms with Crippen LogP contribution in [0.15, 0.2) is 18.3 Å². The van der Waals surface area contributed by atoms with Crippen molar-refractivity contribution in [2.75, 3.05) is 0 Å². The lowest BCUT2D eigenvalue weighted by Crippen LogP contribution is -2.28. The van der Waals surface area contributed by atoms with E-state index < -0.39 is 0 Å². The fourth-order valence-electron chi connectivity index (χ4n) is 2.27. The molecule has 0 saturated heterocycles. The molecule has 1 heterocycles. The van der Waals surface area contributed by atoms with E-state index in [2.05, 4.69) is 11.9 Å². The summed E-state index contributed by atoms with van der Waals surface area (Å²) >= 11 is 0. The van der Waals surface area contributed by atoms with Crippen molar-refractivity contribution in [1.82, 2.24) is 4.98 Å². The molecule has 0 amide bonds. The second kappa shape index (κ2) is 5.30. The third kappa shape index (κ3) is 2.73. The highest BCUT2D eigenvalue weighted by Crippen LogP contribution is 2.27. The third-order valence-corrected chi connectivity index (χ3v) is 3.32. The third-order valence-electron chi connectivity index (χ3n) is 3.32. The molecule has 2 atom stereocenters. The smallest absolute Gasteiger partial charge is 0.123 e. The summed E-state index contributed by atoms with van der Waals surface area (Å²) in [7, 11) is 0. The topological polar surface area (TPSA) is 48.1 Å². The van der Waals surface area contributed by atoms with Gasteiger partial charge >= 0.3 is 0 Å². The monoisotopic (exact) mass is 220 g/mol. The van der Waals surface area contributed by atoms with E-state index in [1.54, 1.807) is 6.20 Å². The van der Waals surface area contributed by atoms with E-state index >= 15 is 0 Å².